The molecule has 32 heavy (non-hydrogen) atoms. The van der Waals surface area contributed by atoms with Crippen molar-refractivity contribution < 1.29 is 9.21 Å². The molecule has 3 heterocycles. The molecule has 5 rings (SSSR count). The molecule has 1 fully saturated rings. The van der Waals surface area contributed by atoms with Crippen molar-refractivity contribution in [1.82, 2.24) is 24.5 Å². The largest absolute Gasteiger partial charge is 0.420 e. The number of para-hydroxylation sites is 2. The van der Waals surface area contributed by atoms with E-state index in [9.17, 15) is 9.59 Å². The SMILES string of the molecule is O=C(Cn1c(=O)oc2ccccc21)N1CCCCC1CCn1cc(-c2ccccc2)nn1. The van der Waals surface area contributed by atoms with Gasteiger partial charge in [0.05, 0.1) is 11.7 Å². The van der Waals surface area contributed by atoms with Gasteiger partial charge in [0, 0.05) is 24.7 Å². The first-order valence-corrected chi connectivity index (χ1v) is 11.0. The number of fused-ring (bicyclic) bond motifs is 1. The summed E-state index contributed by atoms with van der Waals surface area (Å²) in [5.41, 5.74) is 3.02. The molecule has 1 unspecified atom stereocenters. The number of rotatable bonds is 6. The average Bonchev–Trinajstić information content (AvgIpc) is 3.43. The number of aromatic nitrogens is 4. The lowest BCUT2D eigenvalue weighted by molar-refractivity contribution is -0.135. The zero-order chi connectivity index (χ0) is 21.9. The van der Waals surface area contributed by atoms with E-state index in [0.29, 0.717) is 24.2 Å². The van der Waals surface area contributed by atoms with Gasteiger partial charge in [-0.2, -0.15) is 0 Å². The maximum Gasteiger partial charge on any atom is 0.420 e. The second-order valence-electron chi connectivity index (χ2n) is 8.18. The molecule has 1 saturated heterocycles. The molecule has 0 spiro atoms. The van der Waals surface area contributed by atoms with Gasteiger partial charge in [0.15, 0.2) is 5.58 Å². The second-order valence-corrected chi connectivity index (χ2v) is 8.18. The fourth-order valence-corrected chi connectivity index (χ4v) is 4.45. The van der Waals surface area contributed by atoms with Crippen molar-refractivity contribution in [3.63, 3.8) is 0 Å². The lowest BCUT2D eigenvalue weighted by Gasteiger charge is -2.36. The highest BCUT2D eigenvalue weighted by atomic mass is 16.4. The van der Waals surface area contributed by atoms with Crippen LogP contribution in [0.25, 0.3) is 22.4 Å². The van der Waals surface area contributed by atoms with Crippen molar-refractivity contribution in [2.75, 3.05) is 6.54 Å². The number of hydrogen-bond acceptors (Lipinski definition) is 5. The molecule has 1 aliphatic heterocycles. The molecule has 0 radical (unpaired) electrons. The van der Waals surface area contributed by atoms with E-state index < -0.39 is 5.76 Å². The van der Waals surface area contributed by atoms with E-state index in [1.54, 1.807) is 12.1 Å². The van der Waals surface area contributed by atoms with Gasteiger partial charge in [-0.15, -0.1) is 5.10 Å². The predicted octanol–water partition coefficient (Wildman–Crippen LogP) is 3.32. The Bertz CT molecular complexity index is 1270. The van der Waals surface area contributed by atoms with Crippen molar-refractivity contribution in [2.45, 2.75) is 44.8 Å². The van der Waals surface area contributed by atoms with Gasteiger partial charge < -0.3 is 9.32 Å². The molecule has 0 saturated carbocycles. The summed E-state index contributed by atoms with van der Waals surface area (Å²) in [6.07, 6.45) is 5.76. The van der Waals surface area contributed by atoms with Crippen LogP contribution in [-0.4, -0.2) is 43.0 Å². The summed E-state index contributed by atoms with van der Waals surface area (Å²) in [7, 11) is 0. The number of aryl methyl sites for hydroxylation is 1. The predicted molar refractivity (Wildman–Crippen MR) is 120 cm³/mol. The van der Waals surface area contributed by atoms with Crippen molar-refractivity contribution in [3.8, 4) is 11.3 Å². The Hall–Kier alpha value is -3.68. The maximum absolute atomic E-state index is 13.2. The number of piperidine rings is 1. The topological polar surface area (TPSA) is 86.2 Å². The van der Waals surface area contributed by atoms with Gasteiger partial charge in [-0.3, -0.25) is 14.0 Å². The molecule has 8 heteroatoms. The zero-order valence-electron chi connectivity index (χ0n) is 17.8. The fourth-order valence-electron chi connectivity index (χ4n) is 4.45. The van der Waals surface area contributed by atoms with E-state index in [0.717, 1.165) is 36.9 Å². The van der Waals surface area contributed by atoms with Gasteiger partial charge in [-0.1, -0.05) is 47.7 Å². The van der Waals surface area contributed by atoms with Crippen LogP contribution in [0.5, 0.6) is 0 Å². The van der Waals surface area contributed by atoms with Gasteiger partial charge in [0.25, 0.3) is 0 Å². The smallest absolute Gasteiger partial charge is 0.408 e. The van der Waals surface area contributed by atoms with Crippen molar-refractivity contribution >= 4 is 17.0 Å². The van der Waals surface area contributed by atoms with Gasteiger partial charge in [-0.05, 0) is 37.8 Å². The third kappa shape index (κ3) is 4.08. The third-order valence-electron chi connectivity index (χ3n) is 6.11. The number of carbonyl (C=O) groups is 1. The summed E-state index contributed by atoms with van der Waals surface area (Å²) >= 11 is 0. The summed E-state index contributed by atoms with van der Waals surface area (Å²) in [5, 5.41) is 8.54. The van der Waals surface area contributed by atoms with Crippen molar-refractivity contribution in [2.24, 2.45) is 0 Å². The maximum atomic E-state index is 13.2. The first-order valence-electron chi connectivity index (χ1n) is 11.0. The van der Waals surface area contributed by atoms with Gasteiger partial charge in [0.2, 0.25) is 5.91 Å². The molecule has 1 amide bonds. The lowest BCUT2D eigenvalue weighted by Crippen LogP contribution is -2.46. The van der Waals surface area contributed by atoms with Crippen LogP contribution in [-0.2, 0) is 17.9 Å². The minimum Gasteiger partial charge on any atom is -0.408 e. The Labute approximate surface area is 185 Å². The summed E-state index contributed by atoms with van der Waals surface area (Å²) in [6.45, 7) is 1.39. The van der Waals surface area contributed by atoms with Gasteiger partial charge >= 0.3 is 5.76 Å². The number of hydrogen-bond donors (Lipinski definition) is 0. The Balaban J connectivity index is 1.27. The van der Waals surface area contributed by atoms with Crippen molar-refractivity contribution in [3.05, 3.63) is 71.3 Å². The monoisotopic (exact) mass is 431 g/mol. The number of carbonyl (C=O) groups excluding carboxylic acids is 1. The van der Waals surface area contributed by atoms with Crippen LogP contribution in [0.2, 0.25) is 0 Å². The summed E-state index contributed by atoms with van der Waals surface area (Å²) < 4.78 is 8.54. The molecule has 0 bridgehead atoms. The average molecular weight is 431 g/mol. The Morgan fingerprint density at radius 1 is 1.06 bits per heavy atom. The van der Waals surface area contributed by atoms with Gasteiger partial charge in [-0.25, -0.2) is 4.79 Å². The van der Waals surface area contributed by atoms with E-state index in [1.165, 1.54) is 4.57 Å². The molecule has 0 aliphatic carbocycles. The van der Waals surface area contributed by atoms with E-state index in [-0.39, 0.29) is 18.5 Å². The zero-order valence-corrected chi connectivity index (χ0v) is 17.8. The van der Waals surface area contributed by atoms with Crippen LogP contribution < -0.4 is 5.76 Å². The molecule has 1 atom stereocenters. The molecule has 8 nitrogen and oxygen atoms in total. The number of oxazole rings is 1. The lowest BCUT2D eigenvalue weighted by atomic mass is 9.99. The van der Waals surface area contributed by atoms with Crippen LogP contribution in [0, 0.1) is 0 Å². The third-order valence-corrected chi connectivity index (χ3v) is 6.11. The molecular weight excluding hydrogens is 406 g/mol. The molecule has 4 aromatic rings. The number of benzene rings is 2. The number of nitrogens with zero attached hydrogens (tertiary/aromatic N) is 5. The van der Waals surface area contributed by atoms with E-state index >= 15 is 0 Å². The molecule has 1 aliphatic rings. The molecule has 2 aromatic heterocycles. The molecule has 164 valence electrons. The standard InChI is InChI=1S/C24H25N5O3/c30-23(17-29-21-11-4-5-12-22(21)32-24(29)31)28-14-7-6-10-19(28)13-15-27-16-20(25-26-27)18-8-2-1-3-9-18/h1-5,8-9,11-12,16,19H,6-7,10,13-15,17H2. The summed E-state index contributed by atoms with van der Waals surface area (Å²) in [5.74, 6) is -0.545. The second kappa shape index (κ2) is 8.82. The first kappa shape index (κ1) is 20.2. The van der Waals surface area contributed by atoms with E-state index in [2.05, 4.69) is 10.3 Å². The Morgan fingerprint density at radius 3 is 2.75 bits per heavy atom. The normalized spacial score (nSPS) is 16.5. The van der Waals surface area contributed by atoms with Crippen LogP contribution >= 0.6 is 0 Å². The quantitative estimate of drug-likeness (QED) is 0.467. The Kier molecular flexibility index (Phi) is 5.58. The highest BCUT2D eigenvalue weighted by Crippen LogP contribution is 2.22. The Morgan fingerprint density at radius 2 is 1.88 bits per heavy atom. The summed E-state index contributed by atoms with van der Waals surface area (Å²) in [4.78, 5) is 27.4. The number of likely N-dealkylation sites (tertiary alicyclic amines) is 1. The van der Waals surface area contributed by atoms with Gasteiger partial charge in [0.1, 0.15) is 12.2 Å². The van der Waals surface area contributed by atoms with Crippen molar-refractivity contribution in [1.29, 1.82) is 0 Å². The molecule has 2 aromatic carbocycles. The summed E-state index contributed by atoms with van der Waals surface area (Å²) in [6, 6.07) is 17.3. The van der Waals surface area contributed by atoms with Crippen LogP contribution in [0.1, 0.15) is 25.7 Å². The highest BCUT2D eigenvalue weighted by Gasteiger charge is 2.27. The van der Waals surface area contributed by atoms with E-state index in [1.807, 2.05) is 58.2 Å². The van der Waals surface area contributed by atoms with Crippen LogP contribution in [0.15, 0.2) is 70.0 Å². The highest BCUT2D eigenvalue weighted by molar-refractivity contribution is 5.80. The van der Waals surface area contributed by atoms with Crippen LogP contribution in [0.3, 0.4) is 0 Å². The van der Waals surface area contributed by atoms with E-state index in [4.69, 9.17) is 4.42 Å². The molecular formula is C24H25N5O3. The fraction of sp³-hybridized carbons (Fsp3) is 0.333. The molecule has 0 N–H and O–H groups in total. The first-order chi connectivity index (χ1) is 15.7. The number of amides is 1. The van der Waals surface area contributed by atoms with Crippen LogP contribution in [0.4, 0.5) is 0 Å². The minimum atomic E-state index is -0.496. The minimum absolute atomic E-state index is 0.00612.